The van der Waals surface area contributed by atoms with Gasteiger partial charge in [0.15, 0.2) is 0 Å². The average Bonchev–Trinajstić information content (AvgIpc) is 2.38. The van der Waals surface area contributed by atoms with Gasteiger partial charge in [-0.25, -0.2) is 0 Å². The number of rotatable bonds is 10. The van der Waals surface area contributed by atoms with Crippen molar-refractivity contribution in [2.45, 2.75) is 77.5 Å². The Morgan fingerprint density at radius 1 is 1.06 bits per heavy atom. The molecule has 2 unspecified atom stereocenters. The third-order valence-electron chi connectivity index (χ3n) is 4.13. The molecule has 0 fully saturated rings. The van der Waals surface area contributed by atoms with Gasteiger partial charge in [-0.2, -0.15) is 0 Å². The van der Waals surface area contributed by atoms with Gasteiger partial charge in [0.1, 0.15) is 0 Å². The van der Waals surface area contributed by atoms with Gasteiger partial charge in [-0.1, -0.05) is 13.8 Å². The van der Waals surface area contributed by atoms with Gasteiger partial charge < -0.3 is 14.8 Å². The first-order valence-corrected chi connectivity index (χ1v) is 7.19. The maximum atomic E-state index is 5.74. The molecule has 0 bridgehead atoms. The number of hydrogen-bond acceptors (Lipinski definition) is 3. The first-order chi connectivity index (χ1) is 8.35. The van der Waals surface area contributed by atoms with E-state index in [-0.39, 0.29) is 11.2 Å². The van der Waals surface area contributed by atoms with Crippen LogP contribution in [0.1, 0.15) is 60.3 Å². The van der Waals surface area contributed by atoms with Gasteiger partial charge in [0.25, 0.3) is 0 Å². The van der Waals surface area contributed by atoms with E-state index in [4.69, 9.17) is 9.47 Å². The van der Waals surface area contributed by atoms with Crippen LogP contribution in [0.25, 0.3) is 0 Å². The van der Waals surface area contributed by atoms with Crippen molar-refractivity contribution in [3.63, 3.8) is 0 Å². The van der Waals surface area contributed by atoms with E-state index >= 15 is 0 Å². The molecule has 2 atom stereocenters. The topological polar surface area (TPSA) is 30.5 Å². The highest BCUT2D eigenvalue weighted by atomic mass is 16.5. The molecule has 0 rings (SSSR count). The lowest BCUT2D eigenvalue weighted by molar-refractivity contribution is -0.0428. The fourth-order valence-electron chi connectivity index (χ4n) is 2.07. The second-order valence-corrected chi connectivity index (χ2v) is 5.88. The first-order valence-electron chi connectivity index (χ1n) is 7.19. The Balaban J connectivity index is 4.58. The Morgan fingerprint density at radius 2 is 1.67 bits per heavy atom. The molecule has 0 aromatic heterocycles. The van der Waals surface area contributed by atoms with Gasteiger partial charge in [-0.3, -0.25) is 0 Å². The van der Waals surface area contributed by atoms with Crippen LogP contribution >= 0.6 is 0 Å². The van der Waals surface area contributed by atoms with Crippen molar-refractivity contribution in [1.29, 1.82) is 0 Å². The summed E-state index contributed by atoms with van der Waals surface area (Å²) in [5.41, 5.74) is -0.159. The molecule has 3 heteroatoms. The fraction of sp³-hybridized carbons (Fsp3) is 1.00. The van der Waals surface area contributed by atoms with E-state index in [1.807, 2.05) is 7.11 Å². The molecule has 0 aliphatic carbocycles. The Labute approximate surface area is 114 Å². The maximum absolute atomic E-state index is 5.74. The summed E-state index contributed by atoms with van der Waals surface area (Å²) in [5, 5.41) is 3.63. The van der Waals surface area contributed by atoms with E-state index in [1.54, 1.807) is 7.11 Å². The van der Waals surface area contributed by atoms with Crippen molar-refractivity contribution in [3.05, 3.63) is 0 Å². The Morgan fingerprint density at radius 3 is 2.06 bits per heavy atom. The van der Waals surface area contributed by atoms with Crippen LogP contribution in [0.4, 0.5) is 0 Å². The minimum atomic E-state index is -0.0982. The summed E-state index contributed by atoms with van der Waals surface area (Å²) in [7, 11) is 3.59. The van der Waals surface area contributed by atoms with Crippen LogP contribution in [-0.4, -0.2) is 38.0 Å². The lowest BCUT2D eigenvalue weighted by Crippen LogP contribution is -2.50. The predicted molar refractivity (Wildman–Crippen MR) is 78.1 cm³/mol. The summed E-state index contributed by atoms with van der Waals surface area (Å²) >= 11 is 0. The smallest absolute Gasteiger partial charge is 0.0800 e. The first kappa shape index (κ1) is 17.9. The van der Waals surface area contributed by atoms with Gasteiger partial charge in [-0.05, 0) is 53.0 Å². The highest BCUT2D eigenvalue weighted by Gasteiger charge is 2.33. The number of methoxy groups -OCH3 is 2. The molecule has 0 heterocycles. The van der Waals surface area contributed by atoms with Crippen molar-refractivity contribution in [2.75, 3.05) is 20.8 Å². The molecule has 0 amide bonds. The zero-order chi connectivity index (χ0) is 14.2. The van der Waals surface area contributed by atoms with Crippen LogP contribution in [-0.2, 0) is 9.47 Å². The number of nitrogens with one attached hydrogen (secondary N) is 1. The average molecular weight is 259 g/mol. The lowest BCUT2D eigenvalue weighted by Gasteiger charge is -2.38. The minimum Gasteiger partial charge on any atom is -0.379 e. The van der Waals surface area contributed by atoms with Crippen molar-refractivity contribution in [3.8, 4) is 0 Å². The van der Waals surface area contributed by atoms with Crippen LogP contribution in [0.3, 0.4) is 0 Å². The summed E-state index contributed by atoms with van der Waals surface area (Å²) in [6, 6.07) is 0.377. The molecule has 1 N–H and O–H groups in total. The molecule has 0 aliphatic rings. The van der Waals surface area contributed by atoms with E-state index in [0.29, 0.717) is 6.04 Å². The third kappa shape index (κ3) is 5.68. The molecule has 110 valence electrons. The highest BCUT2D eigenvalue weighted by molar-refractivity contribution is 4.89. The molecule has 0 saturated heterocycles. The Kier molecular flexibility index (Phi) is 8.08. The summed E-state index contributed by atoms with van der Waals surface area (Å²) in [6.45, 7) is 11.9. The summed E-state index contributed by atoms with van der Waals surface area (Å²) in [4.78, 5) is 0. The number of hydrogen-bond donors (Lipinski definition) is 1. The van der Waals surface area contributed by atoms with E-state index in [9.17, 15) is 0 Å². The van der Waals surface area contributed by atoms with Crippen LogP contribution < -0.4 is 5.32 Å². The maximum Gasteiger partial charge on any atom is 0.0800 e. The van der Waals surface area contributed by atoms with Crippen molar-refractivity contribution in [2.24, 2.45) is 0 Å². The standard InChI is InChI=1S/C15H33NO2/c1-8-12-16-13(15(5,9-2)18-7)10-11-14(3,4)17-6/h13,16H,8-12H2,1-7H3. The van der Waals surface area contributed by atoms with E-state index in [0.717, 1.165) is 32.2 Å². The number of ether oxygens (including phenoxy) is 2. The van der Waals surface area contributed by atoms with E-state index in [1.165, 1.54) is 0 Å². The molecule has 0 aromatic rings. The van der Waals surface area contributed by atoms with Crippen molar-refractivity contribution < 1.29 is 9.47 Å². The van der Waals surface area contributed by atoms with E-state index in [2.05, 4.69) is 39.9 Å². The van der Waals surface area contributed by atoms with E-state index < -0.39 is 0 Å². The molecule has 0 spiro atoms. The summed E-state index contributed by atoms with van der Waals surface area (Å²) < 4.78 is 11.2. The normalized spacial score (nSPS) is 17.5. The quantitative estimate of drug-likeness (QED) is 0.652. The van der Waals surface area contributed by atoms with Crippen LogP contribution in [0.2, 0.25) is 0 Å². The van der Waals surface area contributed by atoms with Crippen LogP contribution in [0, 0.1) is 0 Å². The second kappa shape index (κ2) is 8.13. The molecule has 0 aliphatic heterocycles. The largest absolute Gasteiger partial charge is 0.379 e. The molecular formula is C15H33NO2. The zero-order valence-electron chi connectivity index (χ0n) is 13.4. The SMILES string of the molecule is CCCNC(CCC(C)(C)OC)C(C)(CC)OC. The monoisotopic (exact) mass is 259 g/mol. The second-order valence-electron chi connectivity index (χ2n) is 5.88. The minimum absolute atomic E-state index is 0.0610. The lowest BCUT2D eigenvalue weighted by atomic mass is 9.86. The Hall–Kier alpha value is -0.120. The van der Waals surface area contributed by atoms with Gasteiger partial charge in [-0.15, -0.1) is 0 Å². The molecular weight excluding hydrogens is 226 g/mol. The van der Waals surface area contributed by atoms with Gasteiger partial charge in [0.05, 0.1) is 11.2 Å². The summed E-state index contributed by atoms with van der Waals surface area (Å²) in [6.07, 6.45) is 4.26. The molecule has 18 heavy (non-hydrogen) atoms. The van der Waals surface area contributed by atoms with Crippen LogP contribution in [0.5, 0.6) is 0 Å². The Bertz CT molecular complexity index is 213. The summed E-state index contributed by atoms with van der Waals surface area (Å²) in [5.74, 6) is 0. The molecule has 3 nitrogen and oxygen atoms in total. The fourth-order valence-corrected chi connectivity index (χ4v) is 2.07. The molecule has 0 saturated carbocycles. The molecule has 0 aromatic carbocycles. The third-order valence-corrected chi connectivity index (χ3v) is 4.13. The zero-order valence-corrected chi connectivity index (χ0v) is 13.4. The van der Waals surface area contributed by atoms with Crippen molar-refractivity contribution in [1.82, 2.24) is 5.32 Å². The highest BCUT2D eigenvalue weighted by Crippen LogP contribution is 2.26. The van der Waals surface area contributed by atoms with Crippen molar-refractivity contribution >= 4 is 0 Å². The van der Waals surface area contributed by atoms with Crippen LogP contribution in [0.15, 0.2) is 0 Å². The molecule has 0 radical (unpaired) electrons. The van der Waals surface area contributed by atoms with Gasteiger partial charge in [0, 0.05) is 20.3 Å². The van der Waals surface area contributed by atoms with Gasteiger partial charge in [0.2, 0.25) is 0 Å². The predicted octanol–water partition coefficient (Wildman–Crippen LogP) is 3.37. The van der Waals surface area contributed by atoms with Gasteiger partial charge >= 0.3 is 0 Å².